The van der Waals surface area contributed by atoms with E-state index in [9.17, 15) is 19.5 Å². The maximum absolute atomic E-state index is 12.8. The molecule has 152 valence electrons. The number of carbonyl (C=O) groups is 3. The van der Waals surface area contributed by atoms with E-state index >= 15 is 0 Å². The molecule has 30 heavy (non-hydrogen) atoms. The number of amides is 1. The highest BCUT2D eigenvalue weighted by Gasteiger charge is 2.24. The van der Waals surface area contributed by atoms with Crippen LogP contribution in [0, 0.1) is 0 Å². The molecule has 3 aromatic rings. The van der Waals surface area contributed by atoms with Crippen molar-refractivity contribution in [1.82, 2.24) is 4.90 Å². The Bertz CT molecular complexity index is 1110. The van der Waals surface area contributed by atoms with Gasteiger partial charge in [-0.3, -0.25) is 4.79 Å². The number of hydrogen-bond acceptors (Lipinski definition) is 5. The van der Waals surface area contributed by atoms with E-state index < -0.39 is 5.97 Å². The molecule has 1 amide bonds. The van der Waals surface area contributed by atoms with Crippen LogP contribution in [0.25, 0.3) is 0 Å². The van der Waals surface area contributed by atoms with Gasteiger partial charge in [0.15, 0.2) is 5.78 Å². The Morgan fingerprint density at radius 2 is 1.83 bits per heavy atom. The SMILES string of the molecule is O=C(c1ccc2c(c1)CCN(C(=O)OCc1ccccc1)C2)c1ccsc1C(=O)O. The first-order valence-electron chi connectivity index (χ1n) is 9.46. The molecule has 2 aromatic carbocycles. The molecule has 0 unspecified atom stereocenters. The largest absolute Gasteiger partial charge is 0.477 e. The van der Waals surface area contributed by atoms with Crippen LogP contribution in [0.1, 0.15) is 42.3 Å². The number of carboxylic acids is 1. The van der Waals surface area contributed by atoms with Crippen molar-refractivity contribution in [2.45, 2.75) is 19.6 Å². The molecular weight excluding hydrogens is 402 g/mol. The molecule has 1 aliphatic heterocycles. The Morgan fingerprint density at radius 3 is 2.60 bits per heavy atom. The number of carbonyl (C=O) groups excluding carboxylic acids is 2. The van der Waals surface area contributed by atoms with Crippen LogP contribution in [-0.2, 0) is 24.3 Å². The van der Waals surface area contributed by atoms with Gasteiger partial charge in [-0.15, -0.1) is 11.3 Å². The average molecular weight is 421 g/mol. The summed E-state index contributed by atoms with van der Waals surface area (Å²) >= 11 is 1.04. The van der Waals surface area contributed by atoms with E-state index in [1.807, 2.05) is 36.4 Å². The molecule has 1 N–H and O–H groups in total. The van der Waals surface area contributed by atoms with Crippen molar-refractivity contribution in [3.63, 3.8) is 0 Å². The average Bonchev–Trinajstić information content (AvgIpc) is 3.27. The number of fused-ring (bicyclic) bond motifs is 1. The van der Waals surface area contributed by atoms with Gasteiger partial charge in [0.25, 0.3) is 0 Å². The Balaban J connectivity index is 1.44. The lowest BCUT2D eigenvalue weighted by molar-refractivity contribution is 0.0698. The van der Waals surface area contributed by atoms with E-state index in [1.165, 1.54) is 0 Å². The summed E-state index contributed by atoms with van der Waals surface area (Å²) in [5.74, 6) is -1.41. The summed E-state index contributed by atoms with van der Waals surface area (Å²) in [6.07, 6.45) is 0.237. The second kappa shape index (κ2) is 8.51. The highest BCUT2D eigenvalue weighted by Crippen LogP contribution is 2.25. The van der Waals surface area contributed by atoms with Gasteiger partial charge >= 0.3 is 12.1 Å². The fourth-order valence-electron chi connectivity index (χ4n) is 3.47. The van der Waals surface area contributed by atoms with Gasteiger partial charge in [0.05, 0.1) is 0 Å². The van der Waals surface area contributed by atoms with E-state index in [0.717, 1.165) is 28.0 Å². The fraction of sp³-hybridized carbons (Fsp3) is 0.174. The standard InChI is InChI=1S/C23H19NO5S/c25-20(19-9-11-30-21(19)22(26)27)17-6-7-18-13-24(10-8-16(18)12-17)23(28)29-14-15-4-2-1-3-5-15/h1-7,9,11-12H,8,10,13-14H2,(H,26,27). The molecule has 0 fully saturated rings. The highest BCUT2D eigenvalue weighted by molar-refractivity contribution is 7.12. The fourth-order valence-corrected chi connectivity index (χ4v) is 4.20. The Kier molecular flexibility index (Phi) is 5.63. The van der Waals surface area contributed by atoms with Crippen LogP contribution in [0.15, 0.2) is 60.0 Å². The van der Waals surface area contributed by atoms with Crippen LogP contribution in [0.2, 0.25) is 0 Å². The minimum absolute atomic E-state index is 0.0463. The highest BCUT2D eigenvalue weighted by atomic mass is 32.1. The van der Waals surface area contributed by atoms with Crippen molar-refractivity contribution in [3.8, 4) is 0 Å². The summed E-state index contributed by atoms with van der Waals surface area (Å²) in [5.41, 5.74) is 3.53. The molecule has 6 nitrogen and oxygen atoms in total. The number of nitrogens with zero attached hydrogens (tertiary/aromatic N) is 1. The van der Waals surface area contributed by atoms with E-state index in [1.54, 1.807) is 28.5 Å². The number of thiophene rings is 1. The Hall–Kier alpha value is -3.45. The van der Waals surface area contributed by atoms with Gasteiger partial charge in [0.2, 0.25) is 0 Å². The number of ketones is 1. The number of hydrogen-bond donors (Lipinski definition) is 1. The topological polar surface area (TPSA) is 83.9 Å². The summed E-state index contributed by atoms with van der Waals surface area (Å²) in [6, 6.07) is 16.4. The molecule has 0 bridgehead atoms. The minimum atomic E-state index is -1.10. The number of carboxylic acid groups (broad SMARTS) is 1. The van der Waals surface area contributed by atoms with Crippen LogP contribution in [-0.4, -0.2) is 34.4 Å². The second-order valence-corrected chi connectivity index (χ2v) is 7.91. The van der Waals surface area contributed by atoms with E-state index in [4.69, 9.17) is 4.74 Å². The summed E-state index contributed by atoms with van der Waals surface area (Å²) in [5, 5.41) is 10.9. The molecule has 0 saturated carbocycles. The van der Waals surface area contributed by atoms with Crippen LogP contribution in [0.3, 0.4) is 0 Å². The maximum Gasteiger partial charge on any atom is 0.410 e. The molecule has 1 aromatic heterocycles. The molecule has 2 heterocycles. The first-order valence-corrected chi connectivity index (χ1v) is 10.3. The third-order valence-electron chi connectivity index (χ3n) is 5.05. The zero-order chi connectivity index (χ0) is 21.1. The van der Waals surface area contributed by atoms with Gasteiger partial charge in [0.1, 0.15) is 11.5 Å². The zero-order valence-corrected chi connectivity index (χ0v) is 16.9. The maximum atomic E-state index is 12.8. The lowest BCUT2D eigenvalue weighted by Gasteiger charge is -2.28. The van der Waals surface area contributed by atoms with Gasteiger partial charge in [0, 0.05) is 24.2 Å². The van der Waals surface area contributed by atoms with Gasteiger partial charge in [-0.1, -0.05) is 42.5 Å². The first kappa shape index (κ1) is 19.8. The van der Waals surface area contributed by atoms with E-state index in [2.05, 4.69) is 0 Å². The van der Waals surface area contributed by atoms with Gasteiger partial charge in [-0.25, -0.2) is 9.59 Å². The van der Waals surface area contributed by atoms with Crippen LogP contribution >= 0.6 is 11.3 Å². The van der Waals surface area contributed by atoms with Crippen LogP contribution in [0.5, 0.6) is 0 Å². The molecule has 4 rings (SSSR count). The predicted octanol–water partition coefficient (Wildman–Crippen LogP) is 4.37. The van der Waals surface area contributed by atoms with Crippen molar-refractivity contribution in [1.29, 1.82) is 0 Å². The number of benzene rings is 2. The lowest BCUT2D eigenvalue weighted by Crippen LogP contribution is -2.36. The van der Waals surface area contributed by atoms with Crippen LogP contribution < -0.4 is 0 Å². The molecule has 1 aliphatic rings. The van der Waals surface area contributed by atoms with Gasteiger partial charge < -0.3 is 14.7 Å². The molecule has 0 aliphatic carbocycles. The summed E-state index contributed by atoms with van der Waals surface area (Å²) in [6.45, 7) is 1.14. The summed E-state index contributed by atoms with van der Waals surface area (Å²) in [4.78, 5) is 38.2. The Labute approximate surface area is 177 Å². The van der Waals surface area contributed by atoms with Gasteiger partial charge in [-0.2, -0.15) is 0 Å². The van der Waals surface area contributed by atoms with E-state index in [-0.39, 0.29) is 28.9 Å². The quantitative estimate of drug-likeness (QED) is 0.619. The van der Waals surface area contributed by atoms with Crippen molar-refractivity contribution in [3.05, 3.63) is 92.7 Å². The molecule has 0 saturated heterocycles. The normalized spacial score (nSPS) is 12.9. The Morgan fingerprint density at radius 1 is 1.03 bits per heavy atom. The summed E-state index contributed by atoms with van der Waals surface area (Å²) < 4.78 is 5.41. The predicted molar refractivity (Wildman–Crippen MR) is 112 cm³/mol. The van der Waals surface area contributed by atoms with Gasteiger partial charge in [-0.05, 0) is 40.6 Å². The lowest BCUT2D eigenvalue weighted by atomic mass is 9.94. The first-order chi connectivity index (χ1) is 14.5. The molecule has 7 heteroatoms. The third kappa shape index (κ3) is 4.11. The number of ether oxygens (including phenoxy) is 1. The second-order valence-electron chi connectivity index (χ2n) is 6.99. The van der Waals surface area contributed by atoms with Crippen molar-refractivity contribution < 1.29 is 24.2 Å². The smallest absolute Gasteiger partial charge is 0.410 e. The van der Waals surface area contributed by atoms with Crippen molar-refractivity contribution in [2.24, 2.45) is 0 Å². The van der Waals surface area contributed by atoms with Crippen LogP contribution in [0.4, 0.5) is 4.79 Å². The zero-order valence-electron chi connectivity index (χ0n) is 16.0. The monoisotopic (exact) mass is 421 g/mol. The van der Waals surface area contributed by atoms with Crippen molar-refractivity contribution in [2.75, 3.05) is 6.54 Å². The number of aromatic carboxylic acids is 1. The molecule has 0 atom stereocenters. The minimum Gasteiger partial charge on any atom is -0.477 e. The van der Waals surface area contributed by atoms with Crippen molar-refractivity contribution >= 4 is 29.2 Å². The third-order valence-corrected chi connectivity index (χ3v) is 5.95. The molecule has 0 spiro atoms. The number of rotatable bonds is 5. The molecular formula is C23H19NO5S. The summed E-state index contributed by atoms with van der Waals surface area (Å²) in [7, 11) is 0. The van der Waals surface area contributed by atoms with E-state index in [0.29, 0.717) is 25.1 Å². The molecule has 0 radical (unpaired) electrons.